The smallest absolute Gasteiger partial charge is 0.346 e. The first-order valence-corrected chi connectivity index (χ1v) is 7.67. The molecule has 0 aliphatic heterocycles. The van der Waals surface area contributed by atoms with Crippen LogP contribution in [0.2, 0.25) is 0 Å². The lowest BCUT2D eigenvalue weighted by atomic mass is 10.0. The van der Waals surface area contributed by atoms with Crippen LogP contribution in [0.25, 0.3) is 0 Å². The van der Waals surface area contributed by atoms with Crippen molar-refractivity contribution in [2.45, 2.75) is 6.42 Å². The molecule has 0 N–H and O–H groups in total. The predicted octanol–water partition coefficient (Wildman–Crippen LogP) is 4.27. The number of carbonyl (C=O) groups excluding carboxylic acids is 2. The fourth-order valence-corrected chi connectivity index (χ4v) is 2.37. The van der Waals surface area contributed by atoms with E-state index in [-0.39, 0.29) is 0 Å². The molecule has 0 heterocycles. The van der Waals surface area contributed by atoms with Gasteiger partial charge in [-0.1, -0.05) is 60.7 Å². The minimum Gasteiger partial charge on any atom is -0.386 e. The second-order valence-corrected chi connectivity index (χ2v) is 5.40. The molecule has 3 aromatic rings. The SMILES string of the molecule is O=C(OC(=O)c1ccc(Cc2ccccc2)cc1)c1ccccc1. The maximum Gasteiger partial charge on any atom is 0.346 e. The van der Waals surface area contributed by atoms with Crippen molar-refractivity contribution in [1.29, 1.82) is 0 Å². The lowest BCUT2D eigenvalue weighted by Crippen LogP contribution is -2.12. The highest BCUT2D eigenvalue weighted by Crippen LogP contribution is 2.12. The number of rotatable bonds is 4. The molecule has 0 aromatic heterocycles. The van der Waals surface area contributed by atoms with Crippen molar-refractivity contribution >= 4 is 11.9 Å². The van der Waals surface area contributed by atoms with Crippen molar-refractivity contribution in [2.75, 3.05) is 0 Å². The molecule has 0 fully saturated rings. The van der Waals surface area contributed by atoms with Crippen LogP contribution in [0.5, 0.6) is 0 Å². The number of esters is 2. The molecule has 0 saturated carbocycles. The molecular weight excluding hydrogens is 300 g/mol. The number of carbonyl (C=O) groups is 2. The van der Waals surface area contributed by atoms with Crippen LogP contribution in [-0.2, 0) is 11.2 Å². The Morgan fingerprint density at radius 2 is 1.04 bits per heavy atom. The van der Waals surface area contributed by atoms with Gasteiger partial charge >= 0.3 is 11.9 Å². The molecule has 0 unspecified atom stereocenters. The van der Waals surface area contributed by atoms with Crippen molar-refractivity contribution in [3.05, 3.63) is 107 Å². The number of ether oxygens (including phenoxy) is 1. The zero-order valence-electron chi connectivity index (χ0n) is 13.0. The van der Waals surface area contributed by atoms with Gasteiger partial charge in [0, 0.05) is 0 Å². The Bertz CT molecular complexity index is 822. The molecule has 0 spiro atoms. The van der Waals surface area contributed by atoms with Gasteiger partial charge in [-0.25, -0.2) is 9.59 Å². The second-order valence-electron chi connectivity index (χ2n) is 5.40. The Morgan fingerprint density at radius 1 is 0.583 bits per heavy atom. The van der Waals surface area contributed by atoms with Crippen LogP contribution in [0.4, 0.5) is 0 Å². The van der Waals surface area contributed by atoms with E-state index in [9.17, 15) is 9.59 Å². The van der Waals surface area contributed by atoms with Crippen molar-refractivity contribution in [3.8, 4) is 0 Å². The quantitative estimate of drug-likeness (QED) is 0.533. The van der Waals surface area contributed by atoms with Gasteiger partial charge in [0.2, 0.25) is 0 Å². The molecule has 3 rings (SSSR count). The van der Waals surface area contributed by atoms with Crippen LogP contribution in [-0.4, -0.2) is 11.9 Å². The first-order chi connectivity index (χ1) is 11.7. The molecule has 3 nitrogen and oxygen atoms in total. The number of hydrogen-bond acceptors (Lipinski definition) is 3. The van der Waals surface area contributed by atoms with Crippen molar-refractivity contribution in [3.63, 3.8) is 0 Å². The lowest BCUT2D eigenvalue weighted by molar-refractivity contribution is 0.0398. The van der Waals surface area contributed by atoms with Crippen LogP contribution in [0.15, 0.2) is 84.9 Å². The van der Waals surface area contributed by atoms with Gasteiger partial charge in [-0.15, -0.1) is 0 Å². The van der Waals surface area contributed by atoms with E-state index in [1.807, 2.05) is 30.3 Å². The summed E-state index contributed by atoms with van der Waals surface area (Å²) in [5.41, 5.74) is 3.00. The second kappa shape index (κ2) is 7.38. The fraction of sp³-hybridized carbons (Fsp3) is 0.0476. The molecule has 0 bridgehead atoms. The minimum atomic E-state index is -0.644. The van der Waals surface area contributed by atoms with E-state index in [1.54, 1.807) is 42.5 Å². The first kappa shape index (κ1) is 15.7. The van der Waals surface area contributed by atoms with E-state index < -0.39 is 11.9 Å². The summed E-state index contributed by atoms with van der Waals surface area (Å²) in [5, 5.41) is 0. The maximum atomic E-state index is 12.1. The van der Waals surface area contributed by atoms with E-state index in [0.717, 1.165) is 12.0 Å². The summed E-state index contributed by atoms with van der Waals surface area (Å²) < 4.78 is 4.90. The van der Waals surface area contributed by atoms with Gasteiger partial charge in [-0.3, -0.25) is 0 Å². The van der Waals surface area contributed by atoms with E-state index in [0.29, 0.717) is 11.1 Å². The molecule has 118 valence electrons. The fourth-order valence-electron chi connectivity index (χ4n) is 2.37. The zero-order chi connectivity index (χ0) is 16.8. The summed E-state index contributed by atoms with van der Waals surface area (Å²) in [6.07, 6.45) is 0.791. The van der Waals surface area contributed by atoms with E-state index in [1.165, 1.54) is 5.56 Å². The normalized spacial score (nSPS) is 10.2. The Hall–Kier alpha value is -3.20. The molecule has 3 heteroatoms. The predicted molar refractivity (Wildman–Crippen MR) is 91.9 cm³/mol. The summed E-state index contributed by atoms with van der Waals surface area (Å²) in [6.45, 7) is 0. The Kier molecular flexibility index (Phi) is 4.82. The van der Waals surface area contributed by atoms with E-state index in [4.69, 9.17) is 4.74 Å². The van der Waals surface area contributed by atoms with Crippen molar-refractivity contribution < 1.29 is 14.3 Å². The van der Waals surface area contributed by atoms with Crippen LogP contribution >= 0.6 is 0 Å². The Labute approximate surface area is 140 Å². The Balaban J connectivity index is 1.65. The molecule has 0 atom stereocenters. The van der Waals surface area contributed by atoms with Gasteiger partial charge in [0.05, 0.1) is 11.1 Å². The first-order valence-electron chi connectivity index (χ1n) is 7.67. The summed E-state index contributed by atoms with van der Waals surface area (Å²) in [5.74, 6) is -1.29. The molecule has 24 heavy (non-hydrogen) atoms. The van der Waals surface area contributed by atoms with Gasteiger partial charge in [0.25, 0.3) is 0 Å². The highest BCUT2D eigenvalue weighted by atomic mass is 16.6. The topological polar surface area (TPSA) is 43.4 Å². The molecule has 0 aliphatic carbocycles. The van der Waals surface area contributed by atoms with E-state index >= 15 is 0 Å². The van der Waals surface area contributed by atoms with Gasteiger partial charge in [0.1, 0.15) is 0 Å². The highest BCUT2D eigenvalue weighted by molar-refractivity contribution is 6.02. The van der Waals surface area contributed by atoms with Crippen molar-refractivity contribution in [1.82, 2.24) is 0 Å². The van der Waals surface area contributed by atoms with Crippen molar-refractivity contribution in [2.24, 2.45) is 0 Å². The van der Waals surface area contributed by atoms with E-state index in [2.05, 4.69) is 12.1 Å². The third-order valence-corrected chi connectivity index (χ3v) is 3.64. The van der Waals surface area contributed by atoms with Crippen LogP contribution in [0, 0.1) is 0 Å². The third-order valence-electron chi connectivity index (χ3n) is 3.64. The molecule has 0 aliphatic rings. The maximum absolute atomic E-state index is 12.1. The van der Waals surface area contributed by atoms with Gasteiger partial charge in [-0.2, -0.15) is 0 Å². The average molecular weight is 316 g/mol. The largest absolute Gasteiger partial charge is 0.386 e. The zero-order valence-corrected chi connectivity index (χ0v) is 13.0. The van der Waals surface area contributed by atoms with Gasteiger partial charge in [-0.05, 0) is 41.8 Å². The molecule has 0 amide bonds. The summed E-state index contributed by atoms with van der Waals surface area (Å²) in [7, 11) is 0. The van der Waals surface area contributed by atoms with Crippen LogP contribution in [0.1, 0.15) is 31.8 Å². The molecule has 0 saturated heterocycles. The molecule has 3 aromatic carbocycles. The summed E-state index contributed by atoms with van der Waals surface area (Å²) >= 11 is 0. The monoisotopic (exact) mass is 316 g/mol. The van der Waals surface area contributed by atoms with Crippen LogP contribution in [0.3, 0.4) is 0 Å². The standard InChI is InChI=1S/C21H16O3/c22-20(18-9-5-2-6-10-18)24-21(23)19-13-11-17(12-14-19)15-16-7-3-1-4-8-16/h1-14H,15H2. The molecule has 0 radical (unpaired) electrons. The molecular formula is C21H16O3. The summed E-state index contributed by atoms with van der Waals surface area (Å²) in [4.78, 5) is 23.9. The highest BCUT2D eigenvalue weighted by Gasteiger charge is 2.14. The minimum absolute atomic E-state index is 0.353. The van der Waals surface area contributed by atoms with Gasteiger partial charge in [0.15, 0.2) is 0 Å². The van der Waals surface area contributed by atoms with Crippen LogP contribution < -0.4 is 0 Å². The number of benzene rings is 3. The number of hydrogen-bond donors (Lipinski definition) is 0. The Morgan fingerprint density at radius 3 is 1.62 bits per heavy atom. The average Bonchev–Trinajstić information content (AvgIpc) is 2.64. The third kappa shape index (κ3) is 3.96. The summed E-state index contributed by atoms with van der Waals surface area (Å²) in [6, 6.07) is 25.6. The van der Waals surface area contributed by atoms with Gasteiger partial charge < -0.3 is 4.74 Å². The lowest BCUT2D eigenvalue weighted by Gasteiger charge is -2.05.